The van der Waals surface area contributed by atoms with Gasteiger partial charge in [-0.1, -0.05) is 18.2 Å². The zero-order chi connectivity index (χ0) is 23.1. The second-order valence-corrected chi connectivity index (χ2v) is 9.32. The third kappa shape index (κ3) is 4.44. The second-order valence-electron chi connectivity index (χ2n) is 8.46. The molecule has 1 aliphatic carbocycles. The number of imidazole rings is 1. The smallest absolute Gasteiger partial charge is 0.273 e. The average molecular weight is 514 g/mol. The van der Waals surface area contributed by atoms with Gasteiger partial charge in [0.1, 0.15) is 17.4 Å². The van der Waals surface area contributed by atoms with Gasteiger partial charge in [0, 0.05) is 23.9 Å². The molecular weight excluding hydrogens is 492 g/mol. The fourth-order valence-electron chi connectivity index (χ4n) is 3.86. The fourth-order valence-corrected chi connectivity index (χ4v) is 4.28. The summed E-state index contributed by atoms with van der Waals surface area (Å²) in [5.41, 5.74) is 2.08. The number of hydrogen-bond donors (Lipinski definition) is 0. The van der Waals surface area contributed by atoms with Gasteiger partial charge in [-0.2, -0.15) is 0 Å². The topological polar surface area (TPSA) is 48.5 Å². The van der Waals surface area contributed by atoms with E-state index in [0.29, 0.717) is 23.8 Å². The molecule has 33 heavy (non-hydrogen) atoms. The van der Waals surface area contributed by atoms with E-state index in [1.54, 1.807) is 4.57 Å². The first-order valence-electron chi connectivity index (χ1n) is 10.8. The molecule has 0 radical (unpaired) electrons. The van der Waals surface area contributed by atoms with Gasteiger partial charge in [-0.05, 0) is 71.4 Å². The number of benzene rings is 2. The molecule has 1 aliphatic rings. The number of aromatic nitrogens is 3. The van der Waals surface area contributed by atoms with Gasteiger partial charge < -0.3 is 9.30 Å². The number of fused-ring (bicyclic) bond motifs is 1. The Labute approximate surface area is 197 Å². The van der Waals surface area contributed by atoms with Crippen LogP contribution in [-0.4, -0.2) is 20.6 Å². The van der Waals surface area contributed by atoms with Crippen LogP contribution in [0.4, 0.5) is 8.78 Å². The number of halogens is 3. The second kappa shape index (κ2) is 8.74. The summed E-state index contributed by atoms with van der Waals surface area (Å²) in [4.78, 5) is 17.5. The zero-order valence-electron chi connectivity index (χ0n) is 18.0. The molecule has 0 atom stereocenters. The number of hydrogen-bond acceptors (Lipinski definition) is 3. The molecule has 0 bridgehead atoms. The van der Waals surface area contributed by atoms with E-state index in [2.05, 4.69) is 20.9 Å². The van der Waals surface area contributed by atoms with Gasteiger partial charge in [0.25, 0.3) is 5.56 Å². The first-order chi connectivity index (χ1) is 15.9. The lowest BCUT2D eigenvalue weighted by atomic mass is 10.1. The molecule has 0 saturated heterocycles. The molecule has 170 valence electrons. The number of ether oxygens (including phenoxy) is 1. The molecule has 5 nitrogen and oxygen atoms in total. The number of nitrogens with zero attached hydrogens (tertiary/aromatic N) is 3. The SMILES string of the molecule is Cc1c(Cc2ccc(OCC3CC3)cc2)nc2n(Cc3c(F)cccc3F)cc(Br)c(=O)n12. The lowest BCUT2D eigenvalue weighted by molar-refractivity contribution is 0.299. The molecule has 4 aromatic rings. The van der Waals surface area contributed by atoms with Crippen molar-refractivity contribution >= 4 is 21.7 Å². The molecule has 5 rings (SSSR count). The Morgan fingerprint density at radius 3 is 2.48 bits per heavy atom. The molecule has 0 aliphatic heterocycles. The van der Waals surface area contributed by atoms with Crippen LogP contribution in [0.25, 0.3) is 5.78 Å². The highest BCUT2D eigenvalue weighted by Crippen LogP contribution is 2.29. The third-order valence-corrected chi connectivity index (χ3v) is 6.53. The Morgan fingerprint density at radius 1 is 1.12 bits per heavy atom. The molecule has 0 amide bonds. The summed E-state index contributed by atoms with van der Waals surface area (Å²) in [6.07, 6.45) is 4.52. The lowest BCUT2D eigenvalue weighted by Crippen LogP contribution is -2.20. The van der Waals surface area contributed by atoms with Gasteiger partial charge in [-0.15, -0.1) is 0 Å². The van der Waals surface area contributed by atoms with Crippen molar-refractivity contribution in [3.05, 3.63) is 97.6 Å². The molecule has 2 aromatic carbocycles. The van der Waals surface area contributed by atoms with Crippen molar-refractivity contribution in [2.24, 2.45) is 5.92 Å². The first-order valence-corrected chi connectivity index (χ1v) is 11.6. The van der Waals surface area contributed by atoms with Crippen LogP contribution in [0.1, 0.15) is 35.4 Å². The minimum atomic E-state index is -0.643. The van der Waals surface area contributed by atoms with E-state index in [0.717, 1.165) is 23.6 Å². The van der Waals surface area contributed by atoms with Gasteiger partial charge in [0.2, 0.25) is 5.78 Å². The Balaban J connectivity index is 1.48. The van der Waals surface area contributed by atoms with Crippen molar-refractivity contribution in [1.82, 2.24) is 14.0 Å². The predicted molar refractivity (Wildman–Crippen MR) is 125 cm³/mol. The summed E-state index contributed by atoms with van der Waals surface area (Å²) in [6.45, 7) is 2.49. The fraction of sp³-hybridized carbons (Fsp3) is 0.280. The molecule has 2 heterocycles. The summed E-state index contributed by atoms with van der Waals surface area (Å²) in [6, 6.07) is 11.6. The highest BCUT2D eigenvalue weighted by atomic mass is 79.9. The van der Waals surface area contributed by atoms with E-state index in [1.165, 1.54) is 41.6 Å². The molecule has 0 unspecified atom stereocenters. The highest BCUT2D eigenvalue weighted by Gasteiger charge is 2.22. The molecule has 8 heteroatoms. The van der Waals surface area contributed by atoms with E-state index in [9.17, 15) is 13.6 Å². The van der Waals surface area contributed by atoms with E-state index in [4.69, 9.17) is 4.74 Å². The van der Waals surface area contributed by atoms with Crippen molar-refractivity contribution in [3.8, 4) is 5.75 Å². The molecule has 0 N–H and O–H groups in total. The Kier molecular flexibility index (Phi) is 5.78. The maximum atomic E-state index is 14.3. The average Bonchev–Trinajstić information content (AvgIpc) is 3.57. The maximum absolute atomic E-state index is 14.3. The van der Waals surface area contributed by atoms with Crippen LogP contribution in [0.2, 0.25) is 0 Å². The van der Waals surface area contributed by atoms with E-state index >= 15 is 0 Å². The van der Waals surface area contributed by atoms with E-state index in [-0.39, 0.29) is 22.1 Å². The van der Waals surface area contributed by atoms with E-state index in [1.807, 2.05) is 31.2 Å². The Morgan fingerprint density at radius 2 is 1.82 bits per heavy atom. The van der Waals surface area contributed by atoms with Crippen LogP contribution in [0, 0.1) is 24.5 Å². The van der Waals surface area contributed by atoms with Crippen LogP contribution >= 0.6 is 15.9 Å². The van der Waals surface area contributed by atoms with Gasteiger partial charge in [0.05, 0.1) is 23.3 Å². The Bertz CT molecular complexity index is 1370. The molecule has 0 spiro atoms. The van der Waals surface area contributed by atoms with Crippen molar-refractivity contribution in [2.75, 3.05) is 6.61 Å². The van der Waals surface area contributed by atoms with Crippen LogP contribution in [0.3, 0.4) is 0 Å². The quantitative estimate of drug-likeness (QED) is 0.338. The monoisotopic (exact) mass is 513 g/mol. The molecular formula is C25H22BrF2N3O2. The van der Waals surface area contributed by atoms with Crippen LogP contribution in [-0.2, 0) is 13.0 Å². The lowest BCUT2D eigenvalue weighted by Gasteiger charge is -2.11. The number of aryl methyl sites for hydroxylation is 1. The van der Waals surface area contributed by atoms with Crippen molar-refractivity contribution < 1.29 is 13.5 Å². The normalized spacial score (nSPS) is 13.6. The van der Waals surface area contributed by atoms with Gasteiger partial charge in [0.15, 0.2) is 0 Å². The predicted octanol–water partition coefficient (Wildman–Crippen LogP) is 5.27. The summed E-state index contributed by atoms with van der Waals surface area (Å²) in [5, 5.41) is 0. The number of rotatable bonds is 7. The molecule has 1 fully saturated rings. The van der Waals surface area contributed by atoms with Crippen molar-refractivity contribution in [3.63, 3.8) is 0 Å². The van der Waals surface area contributed by atoms with Gasteiger partial charge in [-0.3, -0.25) is 4.79 Å². The zero-order valence-corrected chi connectivity index (χ0v) is 19.6. The summed E-state index contributed by atoms with van der Waals surface area (Å²) < 4.78 is 37.7. The Hall–Kier alpha value is -3.00. The van der Waals surface area contributed by atoms with Crippen LogP contribution in [0.15, 0.2) is 57.9 Å². The van der Waals surface area contributed by atoms with Crippen LogP contribution < -0.4 is 10.3 Å². The minimum Gasteiger partial charge on any atom is -0.493 e. The largest absolute Gasteiger partial charge is 0.493 e. The minimum absolute atomic E-state index is 0.0843. The van der Waals surface area contributed by atoms with Crippen molar-refractivity contribution in [2.45, 2.75) is 32.7 Å². The standard InChI is InChI=1S/C25H22BrF2N3O2/c1-15-23(11-16-7-9-18(10-8-16)33-14-17-5-6-17)29-25-30(13-20(26)24(32)31(15)25)12-19-21(27)3-2-4-22(19)28/h2-4,7-10,13,17H,5-6,11-12,14H2,1H3. The van der Waals surface area contributed by atoms with Gasteiger partial charge >= 0.3 is 0 Å². The summed E-state index contributed by atoms with van der Waals surface area (Å²) in [7, 11) is 0. The molecule has 2 aromatic heterocycles. The molecule has 1 saturated carbocycles. The first kappa shape index (κ1) is 21.8. The van der Waals surface area contributed by atoms with Crippen LogP contribution in [0.5, 0.6) is 5.75 Å². The summed E-state index contributed by atoms with van der Waals surface area (Å²) >= 11 is 3.28. The summed E-state index contributed by atoms with van der Waals surface area (Å²) in [5.74, 6) is 0.581. The highest BCUT2D eigenvalue weighted by molar-refractivity contribution is 9.10. The maximum Gasteiger partial charge on any atom is 0.273 e. The third-order valence-electron chi connectivity index (χ3n) is 5.99. The van der Waals surface area contributed by atoms with E-state index < -0.39 is 11.6 Å². The van der Waals surface area contributed by atoms with Crippen molar-refractivity contribution in [1.29, 1.82) is 0 Å². The van der Waals surface area contributed by atoms with Gasteiger partial charge in [-0.25, -0.2) is 18.2 Å².